The summed E-state index contributed by atoms with van der Waals surface area (Å²) >= 11 is 0.261. The number of hydrogen-bond acceptors (Lipinski definition) is 2. The van der Waals surface area contributed by atoms with E-state index in [0.29, 0.717) is 23.4 Å². The van der Waals surface area contributed by atoms with Gasteiger partial charge >= 0.3 is 188 Å². The second kappa shape index (κ2) is 7.75. The number of Topliss-reactive ketones (excluding diaryl/α,β-unsaturated/α-hetero) is 1. The second-order valence-corrected chi connectivity index (χ2v) is 12.9. The first-order valence-electron chi connectivity index (χ1n) is 11.9. The van der Waals surface area contributed by atoms with Crippen molar-refractivity contribution in [2.75, 3.05) is 0 Å². The predicted molar refractivity (Wildman–Crippen MR) is 122 cm³/mol. The topological polar surface area (TPSA) is 34.1 Å². The molecule has 3 heteroatoms. The average Bonchev–Trinajstić information content (AvgIpc) is 3.10. The number of ketones is 2. The second-order valence-electron chi connectivity index (χ2n) is 10.7. The maximum atomic E-state index is 13.3. The number of carbonyl (C=O) groups excluding carboxylic acids is 2. The maximum absolute atomic E-state index is 13.3. The molecule has 4 aliphatic carbocycles. The Bertz CT molecular complexity index is 874. The summed E-state index contributed by atoms with van der Waals surface area (Å²) in [6.07, 6.45) is 10.9. The van der Waals surface area contributed by atoms with Gasteiger partial charge in [0.15, 0.2) is 0 Å². The number of allylic oxidation sites excluding steroid dienone is 1. The van der Waals surface area contributed by atoms with E-state index in [1.54, 1.807) is 0 Å². The van der Waals surface area contributed by atoms with Gasteiger partial charge in [-0.25, -0.2) is 0 Å². The fraction of sp³-hybridized carbons (Fsp3) is 0.630. The molecule has 2 nitrogen and oxygen atoms in total. The van der Waals surface area contributed by atoms with Crippen molar-refractivity contribution in [1.29, 1.82) is 0 Å². The normalized spacial score (nSPS) is 40.2. The minimum absolute atomic E-state index is 0.201. The van der Waals surface area contributed by atoms with E-state index in [1.807, 2.05) is 6.08 Å². The average molecular weight is 470 g/mol. The first kappa shape index (κ1) is 20.7. The molecular formula is C27H34O2Se. The molecule has 6 unspecified atom stereocenters. The molecule has 1 aromatic rings. The number of rotatable bonds is 4. The summed E-state index contributed by atoms with van der Waals surface area (Å²) in [5.74, 6) is 3.31. The molecule has 0 aliphatic heterocycles. The number of hydrogen-bond donors (Lipinski definition) is 0. The van der Waals surface area contributed by atoms with Crippen LogP contribution in [0.25, 0.3) is 0 Å². The van der Waals surface area contributed by atoms with Gasteiger partial charge < -0.3 is 0 Å². The van der Waals surface area contributed by atoms with Gasteiger partial charge in [-0.3, -0.25) is 0 Å². The molecule has 3 fully saturated rings. The third kappa shape index (κ3) is 3.28. The molecule has 0 radical (unpaired) electrons. The van der Waals surface area contributed by atoms with Crippen molar-refractivity contribution in [2.45, 2.75) is 70.5 Å². The van der Waals surface area contributed by atoms with Crippen molar-refractivity contribution >= 4 is 31.0 Å². The SMILES string of the molecule is CC12CCC(=O)C=C1CCC1C2CCC2(C)C(C(=O)C[Se]c3ccccc3)CCC12. The van der Waals surface area contributed by atoms with E-state index in [9.17, 15) is 9.59 Å². The van der Waals surface area contributed by atoms with Gasteiger partial charge in [-0.2, -0.15) is 0 Å². The molecule has 0 N–H and O–H groups in total. The van der Waals surface area contributed by atoms with Gasteiger partial charge in [0.05, 0.1) is 0 Å². The molecule has 0 bridgehead atoms. The van der Waals surface area contributed by atoms with Crippen LogP contribution in [-0.4, -0.2) is 26.5 Å². The van der Waals surface area contributed by atoms with Crippen LogP contribution < -0.4 is 4.46 Å². The molecule has 0 saturated heterocycles. The van der Waals surface area contributed by atoms with Gasteiger partial charge in [0.2, 0.25) is 0 Å². The van der Waals surface area contributed by atoms with Gasteiger partial charge in [0.25, 0.3) is 0 Å². The quantitative estimate of drug-likeness (QED) is 0.572. The summed E-state index contributed by atoms with van der Waals surface area (Å²) in [5.41, 5.74) is 1.88. The number of benzene rings is 1. The summed E-state index contributed by atoms with van der Waals surface area (Å²) in [7, 11) is 0. The van der Waals surface area contributed by atoms with Crippen LogP contribution in [0.15, 0.2) is 42.0 Å². The Hall–Kier alpha value is -1.18. The Labute approximate surface area is 187 Å². The van der Waals surface area contributed by atoms with Crippen LogP contribution in [0.4, 0.5) is 0 Å². The molecule has 5 rings (SSSR count). The first-order valence-corrected chi connectivity index (χ1v) is 13.9. The predicted octanol–water partition coefficient (Wildman–Crippen LogP) is 5.15. The summed E-state index contributed by atoms with van der Waals surface area (Å²) in [5, 5.41) is 0.755. The Kier molecular flexibility index (Phi) is 5.35. The third-order valence-corrected chi connectivity index (χ3v) is 11.6. The van der Waals surface area contributed by atoms with Gasteiger partial charge in [-0.15, -0.1) is 0 Å². The van der Waals surface area contributed by atoms with Gasteiger partial charge in [0.1, 0.15) is 0 Å². The number of fused-ring (bicyclic) bond motifs is 5. The van der Waals surface area contributed by atoms with E-state index in [-0.39, 0.29) is 31.7 Å². The molecule has 0 aromatic heterocycles. The van der Waals surface area contributed by atoms with Crippen LogP contribution >= 0.6 is 0 Å². The summed E-state index contributed by atoms with van der Waals surface area (Å²) in [6.45, 7) is 4.90. The summed E-state index contributed by atoms with van der Waals surface area (Å²) in [4.78, 5) is 25.4. The molecular weight excluding hydrogens is 435 g/mol. The monoisotopic (exact) mass is 470 g/mol. The molecule has 0 amide bonds. The van der Waals surface area contributed by atoms with Crippen LogP contribution in [0.5, 0.6) is 0 Å². The fourth-order valence-corrected chi connectivity index (χ4v) is 9.66. The minimum atomic E-state index is 0.201. The molecule has 6 atom stereocenters. The molecule has 4 aliphatic rings. The third-order valence-electron chi connectivity index (χ3n) is 9.47. The van der Waals surface area contributed by atoms with Crippen LogP contribution in [0.2, 0.25) is 5.32 Å². The molecule has 160 valence electrons. The van der Waals surface area contributed by atoms with Gasteiger partial charge in [0, 0.05) is 0 Å². The van der Waals surface area contributed by atoms with E-state index in [0.717, 1.165) is 36.9 Å². The van der Waals surface area contributed by atoms with Crippen molar-refractivity contribution < 1.29 is 9.59 Å². The van der Waals surface area contributed by atoms with Crippen LogP contribution in [0.3, 0.4) is 0 Å². The molecule has 0 heterocycles. The van der Waals surface area contributed by atoms with Crippen LogP contribution in [0.1, 0.15) is 65.2 Å². The molecule has 0 spiro atoms. The van der Waals surface area contributed by atoms with Gasteiger partial charge in [-0.1, -0.05) is 0 Å². The Morgan fingerprint density at radius 1 is 1.00 bits per heavy atom. The Morgan fingerprint density at radius 3 is 2.60 bits per heavy atom. The summed E-state index contributed by atoms with van der Waals surface area (Å²) < 4.78 is 1.34. The van der Waals surface area contributed by atoms with E-state index in [4.69, 9.17) is 0 Å². The fourth-order valence-electron chi connectivity index (χ4n) is 7.86. The molecule has 3 saturated carbocycles. The Balaban J connectivity index is 1.32. The molecule has 30 heavy (non-hydrogen) atoms. The van der Waals surface area contributed by atoms with Crippen molar-refractivity contribution in [3.05, 3.63) is 42.0 Å². The standard InChI is InChI=1S/C27H34O2Se/c1-26-14-12-19(28)16-18(26)8-9-21-22-10-11-24(27(22,2)15-13-23(21)26)25(29)17-30-20-6-4-3-5-7-20/h3-7,16,21-24H,8-15,17H2,1-2H3. The van der Waals surface area contributed by atoms with Gasteiger partial charge in [-0.05, 0) is 0 Å². The zero-order valence-corrected chi connectivity index (χ0v) is 20.1. The van der Waals surface area contributed by atoms with E-state index in [2.05, 4.69) is 44.2 Å². The van der Waals surface area contributed by atoms with Crippen LogP contribution in [0, 0.1) is 34.5 Å². The first-order chi connectivity index (χ1) is 14.4. The van der Waals surface area contributed by atoms with Crippen molar-refractivity contribution in [3.63, 3.8) is 0 Å². The molecule has 1 aromatic carbocycles. The summed E-state index contributed by atoms with van der Waals surface area (Å²) in [6, 6.07) is 10.6. The van der Waals surface area contributed by atoms with E-state index >= 15 is 0 Å². The zero-order valence-electron chi connectivity index (χ0n) is 18.4. The van der Waals surface area contributed by atoms with E-state index in [1.165, 1.54) is 35.7 Å². The zero-order chi connectivity index (χ0) is 20.9. The number of carbonyl (C=O) groups is 2. The van der Waals surface area contributed by atoms with E-state index < -0.39 is 0 Å². The van der Waals surface area contributed by atoms with Crippen molar-refractivity contribution in [3.8, 4) is 0 Å². The van der Waals surface area contributed by atoms with Crippen LogP contribution in [-0.2, 0) is 9.59 Å². The van der Waals surface area contributed by atoms with Crippen molar-refractivity contribution in [2.24, 2.45) is 34.5 Å². The Morgan fingerprint density at radius 2 is 1.80 bits per heavy atom. The van der Waals surface area contributed by atoms with Crippen molar-refractivity contribution in [1.82, 2.24) is 0 Å².